The quantitative estimate of drug-likeness (QED) is 0.623. The molecule has 4 N–H and O–H groups in total. The second-order valence-corrected chi connectivity index (χ2v) is 2.79. The number of hydrogen-bond donors (Lipinski definition) is 3. The number of anilines is 2. The number of hydrogen-bond acceptors (Lipinski definition) is 4. The Morgan fingerprint density at radius 3 is 2.77 bits per heavy atom. The van der Waals surface area contributed by atoms with Crippen molar-refractivity contribution in [3.8, 4) is 0 Å². The van der Waals surface area contributed by atoms with Crippen LogP contribution in [0, 0.1) is 0 Å². The minimum absolute atomic E-state index is 0.00616. The van der Waals surface area contributed by atoms with Gasteiger partial charge in [-0.05, 0) is 13.8 Å². The Hall–Kier alpha value is -1.79. The van der Waals surface area contributed by atoms with Crippen LogP contribution < -0.4 is 11.1 Å². The molecule has 1 heterocycles. The molecule has 0 radical (unpaired) electrons. The molecule has 0 atom stereocenters. The number of aromatic nitrogens is 3. The van der Waals surface area contributed by atoms with E-state index in [9.17, 15) is 4.79 Å². The van der Waals surface area contributed by atoms with Gasteiger partial charge in [0.05, 0.1) is 6.04 Å². The van der Waals surface area contributed by atoms with E-state index in [0.717, 1.165) is 0 Å². The van der Waals surface area contributed by atoms with Crippen LogP contribution in [-0.2, 0) is 0 Å². The molecule has 0 bridgehead atoms. The Balaban J connectivity index is 3.01. The van der Waals surface area contributed by atoms with Crippen LogP contribution in [0.3, 0.4) is 0 Å². The molecular formula is C6H11N5O2. The molecule has 1 aromatic heterocycles. The average molecular weight is 185 g/mol. The van der Waals surface area contributed by atoms with Crippen molar-refractivity contribution in [3.63, 3.8) is 0 Å². The largest absolute Gasteiger partial charge is 0.465 e. The predicted molar refractivity (Wildman–Crippen MR) is 46.5 cm³/mol. The van der Waals surface area contributed by atoms with Gasteiger partial charge in [0.25, 0.3) is 0 Å². The molecule has 1 rings (SSSR count). The number of nitrogens with zero attached hydrogens (tertiary/aromatic N) is 3. The summed E-state index contributed by atoms with van der Waals surface area (Å²) in [6, 6.07) is 0.00616. The molecular weight excluding hydrogens is 174 g/mol. The Labute approximate surface area is 74.5 Å². The van der Waals surface area contributed by atoms with Gasteiger partial charge < -0.3 is 10.8 Å². The summed E-state index contributed by atoms with van der Waals surface area (Å²) in [7, 11) is 0. The molecule has 1 amide bonds. The minimum atomic E-state index is -1.18. The maximum atomic E-state index is 10.4. The lowest BCUT2D eigenvalue weighted by Crippen LogP contribution is -2.15. The van der Waals surface area contributed by atoms with E-state index in [4.69, 9.17) is 10.8 Å². The smallest absolute Gasteiger partial charge is 0.410 e. The topological polar surface area (TPSA) is 106 Å². The molecule has 0 fully saturated rings. The monoisotopic (exact) mass is 185 g/mol. The molecule has 0 unspecified atom stereocenters. The first kappa shape index (κ1) is 9.30. The summed E-state index contributed by atoms with van der Waals surface area (Å²) in [4.78, 5) is 10.4. The molecule has 0 aliphatic carbocycles. The zero-order valence-electron chi connectivity index (χ0n) is 7.35. The van der Waals surface area contributed by atoms with Gasteiger partial charge in [0.15, 0.2) is 11.6 Å². The maximum absolute atomic E-state index is 10.4. The van der Waals surface area contributed by atoms with Crippen LogP contribution in [-0.4, -0.2) is 26.2 Å². The second kappa shape index (κ2) is 3.30. The summed E-state index contributed by atoms with van der Waals surface area (Å²) in [5.74, 6) is 0.290. The van der Waals surface area contributed by atoms with E-state index < -0.39 is 6.09 Å². The van der Waals surface area contributed by atoms with Crippen LogP contribution >= 0.6 is 0 Å². The maximum Gasteiger partial charge on any atom is 0.410 e. The zero-order chi connectivity index (χ0) is 10.0. The number of nitrogens with one attached hydrogen (secondary N) is 1. The van der Waals surface area contributed by atoms with Crippen molar-refractivity contribution in [2.75, 3.05) is 11.1 Å². The van der Waals surface area contributed by atoms with E-state index in [0.29, 0.717) is 0 Å². The summed E-state index contributed by atoms with van der Waals surface area (Å²) in [6.45, 7) is 3.70. The Morgan fingerprint density at radius 1 is 1.69 bits per heavy atom. The first-order valence-electron chi connectivity index (χ1n) is 3.73. The Bertz CT molecular complexity index is 319. The highest BCUT2D eigenvalue weighted by atomic mass is 16.4. The Morgan fingerprint density at radius 2 is 2.31 bits per heavy atom. The third kappa shape index (κ3) is 1.86. The normalized spacial score (nSPS) is 10.4. The number of amides is 1. The molecule has 72 valence electrons. The molecule has 0 saturated carbocycles. The van der Waals surface area contributed by atoms with Crippen molar-refractivity contribution in [2.45, 2.75) is 19.9 Å². The molecule has 0 saturated heterocycles. The molecule has 7 nitrogen and oxygen atoms in total. The summed E-state index contributed by atoms with van der Waals surface area (Å²) >= 11 is 0. The van der Waals surface area contributed by atoms with Gasteiger partial charge >= 0.3 is 6.09 Å². The Kier molecular flexibility index (Phi) is 2.36. The molecule has 7 heteroatoms. The lowest BCUT2D eigenvalue weighted by atomic mass is 10.4. The number of rotatable bonds is 2. The fraction of sp³-hybridized carbons (Fsp3) is 0.500. The van der Waals surface area contributed by atoms with Crippen molar-refractivity contribution in [3.05, 3.63) is 0 Å². The van der Waals surface area contributed by atoms with Crippen LogP contribution in [0.1, 0.15) is 19.9 Å². The van der Waals surface area contributed by atoms with E-state index in [2.05, 4.69) is 15.6 Å². The van der Waals surface area contributed by atoms with Crippen molar-refractivity contribution in [1.29, 1.82) is 0 Å². The van der Waals surface area contributed by atoms with Gasteiger partial charge in [-0.25, -0.2) is 9.48 Å². The molecule has 0 aromatic carbocycles. The number of carboxylic acid groups (broad SMARTS) is 1. The highest BCUT2D eigenvalue weighted by molar-refractivity contribution is 5.84. The van der Waals surface area contributed by atoms with E-state index in [1.54, 1.807) is 0 Å². The average Bonchev–Trinajstić information content (AvgIpc) is 2.32. The fourth-order valence-electron chi connectivity index (χ4n) is 0.890. The summed E-state index contributed by atoms with van der Waals surface area (Å²) in [5, 5.41) is 17.9. The van der Waals surface area contributed by atoms with Crippen LogP contribution in [0.15, 0.2) is 0 Å². The zero-order valence-corrected chi connectivity index (χ0v) is 7.35. The van der Waals surface area contributed by atoms with Gasteiger partial charge in [-0.15, -0.1) is 5.10 Å². The van der Waals surface area contributed by atoms with Gasteiger partial charge in [0.1, 0.15) is 0 Å². The van der Waals surface area contributed by atoms with Gasteiger partial charge in [-0.1, -0.05) is 5.21 Å². The van der Waals surface area contributed by atoms with Gasteiger partial charge in [-0.3, -0.25) is 5.32 Å². The summed E-state index contributed by atoms with van der Waals surface area (Å²) < 4.78 is 1.41. The van der Waals surface area contributed by atoms with Crippen molar-refractivity contribution < 1.29 is 9.90 Å². The van der Waals surface area contributed by atoms with Crippen molar-refractivity contribution >= 4 is 17.7 Å². The van der Waals surface area contributed by atoms with Crippen LogP contribution in [0.2, 0.25) is 0 Å². The number of carbonyl (C=O) groups is 1. The molecule has 13 heavy (non-hydrogen) atoms. The summed E-state index contributed by atoms with van der Waals surface area (Å²) in [6.07, 6.45) is -1.18. The standard InChI is InChI=1S/C6H11N5O2/c1-3(2)11-5(8-6(12)13)4(7)9-10-11/h3,8H,7H2,1-2H3,(H,12,13). The SMILES string of the molecule is CC(C)n1nnc(N)c1NC(=O)O. The lowest BCUT2D eigenvalue weighted by molar-refractivity contribution is 0.209. The highest BCUT2D eigenvalue weighted by Gasteiger charge is 2.14. The molecule has 0 aliphatic rings. The molecule has 0 spiro atoms. The van der Waals surface area contributed by atoms with Crippen LogP contribution in [0.5, 0.6) is 0 Å². The highest BCUT2D eigenvalue weighted by Crippen LogP contribution is 2.18. The first-order chi connectivity index (χ1) is 6.02. The van der Waals surface area contributed by atoms with E-state index >= 15 is 0 Å². The van der Waals surface area contributed by atoms with Gasteiger partial charge in [0, 0.05) is 0 Å². The van der Waals surface area contributed by atoms with Crippen molar-refractivity contribution in [2.24, 2.45) is 0 Å². The molecule has 0 aliphatic heterocycles. The van der Waals surface area contributed by atoms with E-state index in [1.807, 2.05) is 13.8 Å². The second-order valence-electron chi connectivity index (χ2n) is 2.79. The van der Waals surface area contributed by atoms with E-state index in [1.165, 1.54) is 4.68 Å². The molecule has 1 aromatic rings. The van der Waals surface area contributed by atoms with Crippen molar-refractivity contribution in [1.82, 2.24) is 15.0 Å². The van der Waals surface area contributed by atoms with E-state index in [-0.39, 0.29) is 17.7 Å². The van der Waals surface area contributed by atoms with Crippen LogP contribution in [0.4, 0.5) is 16.4 Å². The predicted octanol–water partition coefficient (Wildman–Crippen LogP) is 0.531. The fourth-order valence-corrected chi connectivity index (χ4v) is 0.890. The lowest BCUT2D eigenvalue weighted by Gasteiger charge is -2.08. The summed E-state index contributed by atoms with van der Waals surface area (Å²) in [5.41, 5.74) is 5.41. The first-order valence-corrected chi connectivity index (χ1v) is 3.73. The van der Waals surface area contributed by atoms with Crippen LogP contribution in [0.25, 0.3) is 0 Å². The third-order valence-corrected chi connectivity index (χ3v) is 1.44. The van der Waals surface area contributed by atoms with Gasteiger partial charge in [-0.2, -0.15) is 0 Å². The number of nitrogen functional groups attached to an aromatic ring is 1. The minimum Gasteiger partial charge on any atom is -0.465 e. The third-order valence-electron chi connectivity index (χ3n) is 1.44. The number of nitrogens with two attached hydrogens (primary N) is 1. The van der Waals surface area contributed by atoms with Gasteiger partial charge in [0.2, 0.25) is 0 Å².